The Balaban J connectivity index is 3.31. The molecule has 0 spiro atoms. The molecule has 0 aromatic heterocycles. The summed E-state index contributed by atoms with van der Waals surface area (Å²) < 4.78 is 0. The van der Waals surface area contributed by atoms with Gasteiger partial charge >= 0.3 is 0 Å². The highest BCUT2D eigenvalue weighted by Crippen LogP contribution is 2.14. The first-order valence-corrected chi connectivity index (χ1v) is 4.13. The Morgan fingerprint density at radius 3 is 2.08 bits per heavy atom. The summed E-state index contributed by atoms with van der Waals surface area (Å²) in [4.78, 5) is 0. The molecule has 1 aromatic rings. The SMILES string of the molecule is Cc1cc(C)c(C#CC#N)c(C)c1. The zero-order chi connectivity index (χ0) is 9.84. The summed E-state index contributed by atoms with van der Waals surface area (Å²) in [6.45, 7) is 6.09. The van der Waals surface area contributed by atoms with E-state index in [4.69, 9.17) is 5.26 Å². The van der Waals surface area contributed by atoms with E-state index in [9.17, 15) is 0 Å². The zero-order valence-corrected chi connectivity index (χ0v) is 8.10. The van der Waals surface area contributed by atoms with Crippen molar-refractivity contribution in [3.63, 3.8) is 0 Å². The molecule has 0 unspecified atom stereocenters. The molecule has 0 bridgehead atoms. The molecule has 13 heavy (non-hydrogen) atoms. The molecule has 0 aliphatic carbocycles. The second-order valence-electron chi connectivity index (χ2n) is 3.14. The van der Waals surface area contributed by atoms with Crippen LogP contribution in [0.4, 0.5) is 0 Å². The molecule has 0 heterocycles. The van der Waals surface area contributed by atoms with Crippen LogP contribution in [0.1, 0.15) is 22.3 Å². The predicted octanol–water partition coefficient (Wildman–Crippen LogP) is 2.49. The normalized spacial score (nSPS) is 8.46. The molecular formula is C12H11N. The summed E-state index contributed by atoms with van der Waals surface area (Å²) in [5, 5.41) is 8.34. The number of aryl methyl sites for hydroxylation is 3. The van der Waals surface area contributed by atoms with Crippen LogP contribution in [0, 0.1) is 43.9 Å². The molecule has 0 radical (unpaired) electrons. The van der Waals surface area contributed by atoms with E-state index in [-0.39, 0.29) is 0 Å². The zero-order valence-electron chi connectivity index (χ0n) is 8.10. The number of rotatable bonds is 0. The third kappa shape index (κ3) is 2.10. The Labute approximate surface area is 79.0 Å². The third-order valence-corrected chi connectivity index (χ3v) is 1.92. The smallest absolute Gasteiger partial charge is 0.152 e. The van der Waals surface area contributed by atoms with E-state index in [1.54, 1.807) is 0 Å². The van der Waals surface area contributed by atoms with Crippen LogP contribution in [-0.4, -0.2) is 0 Å². The van der Waals surface area contributed by atoms with Gasteiger partial charge in [0.05, 0.1) is 0 Å². The van der Waals surface area contributed by atoms with Crippen molar-refractivity contribution in [2.45, 2.75) is 20.8 Å². The first-order valence-electron chi connectivity index (χ1n) is 4.13. The summed E-state index contributed by atoms with van der Waals surface area (Å²) in [6.07, 6.45) is 0. The van der Waals surface area contributed by atoms with Crippen molar-refractivity contribution < 1.29 is 0 Å². The van der Waals surface area contributed by atoms with Gasteiger partial charge in [-0.1, -0.05) is 23.6 Å². The van der Waals surface area contributed by atoms with Gasteiger partial charge in [-0.3, -0.25) is 0 Å². The molecule has 64 valence electrons. The highest BCUT2D eigenvalue weighted by molar-refractivity contribution is 5.49. The van der Waals surface area contributed by atoms with Crippen LogP contribution in [-0.2, 0) is 0 Å². The van der Waals surface area contributed by atoms with Crippen LogP contribution in [0.2, 0.25) is 0 Å². The van der Waals surface area contributed by atoms with Gasteiger partial charge in [0.25, 0.3) is 0 Å². The fourth-order valence-corrected chi connectivity index (χ4v) is 1.47. The number of hydrogen-bond acceptors (Lipinski definition) is 1. The lowest BCUT2D eigenvalue weighted by molar-refractivity contribution is 1.30. The molecule has 1 aromatic carbocycles. The minimum Gasteiger partial charge on any atom is -0.183 e. The number of nitrogens with zero attached hydrogens (tertiary/aromatic N) is 1. The van der Waals surface area contributed by atoms with Crippen molar-refractivity contribution in [1.82, 2.24) is 0 Å². The highest BCUT2D eigenvalue weighted by atomic mass is 14.2. The molecule has 0 saturated heterocycles. The van der Waals surface area contributed by atoms with Crippen LogP contribution >= 0.6 is 0 Å². The fourth-order valence-electron chi connectivity index (χ4n) is 1.47. The first kappa shape index (κ1) is 9.36. The lowest BCUT2D eigenvalue weighted by Gasteiger charge is -2.04. The minimum atomic E-state index is 0.979. The lowest BCUT2D eigenvalue weighted by Crippen LogP contribution is -1.89. The van der Waals surface area contributed by atoms with E-state index in [1.165, 1.54) is 5.56 Å². The molecule has 1 nitrogen and oxygen atoms in total. The van der Waals surface area contributed by atoms with Gasteiger partial charge < -0.3 is 0 Å². The fraction of sp³-hybridized carbons (Fsp3) is 0.250. The molecule has 1 rings (SSSR count). The summed E-state index contributed by atoms with van der Waals surface area (Å²) in [5.41, 5.74) is 4.49. The molecule has 0 amide bonds. The minimum absolute atomic E-state index is 0.979. The molecule has 0 atom stereocenters. The second-order valence-corrected chi connectivity index (χ2v) is 3.14. The summed E-state index contributed by atoms with van der Waals surface area (Å²) in [5.74, 6) is 5.27. The first-order chi connectivity index (χ1) is 6.15. The van der Waals surface area contributed by atoms with Crippen molar-refractivity contribution >= 4 is 0 Å². The number of benzene rings is 1. The second kappa shape index (κ2) is 3.78. The average molecular weight is 169 g/mol. The van der Waals surface area contributed by atoms with E-state index < -0.39 is 0 Å². The van der Waals surface area contributed by atoms with Crippen LogP contribution in [0.3, 0.4) is 0 Å². The predicted molar refractivity (Wildman–Crippen MR) is 53.1 cm³/mol. The van der Waals surface area contributed by atoms with E-state index in [0.29, 0.717) is 0 Å². The summed E-state index contributed by atoms with van der Waals surface area (Å²) in [6, 6.07) is 5.98. The van der Waals surface area contributed by atoms with Gasteiger partial charge in [-0.2, -0.15) is 5.26 Å². The Morgan fingerprint density at radius 2 is 1.62 bits per heavy atom. The van der Waals surface area contributed by atoms with E-state index in [2.05, 4.69) is 30.9 Å². The third-order valence-electron chi connectivity index (χ3n) is 1.92. The van der Waals surface area contributed by atoms with Crippen LogP contribution in [0.5, 0.6) is 0 Å². The molecule has 0 aliphatic heterocycles. The van der Waals surface area contributed by atoms with Crippen LogP contribution in [0.15, 0.2) is 12.1 Å². The highest BCUT2D eigenvalue weighted by Gasteiger charge is 1.99. The molecule has 0 saturated carbocycles. The standard InChI is InChI=1S/C12H11N/c1-9-7-10(2)12(5-4-6-13)11(3)8-9/h7-8H,1-3H3. The summed E-state index contributed by atoms with van der Waals surface area (Å²) in [7, 11) is 0. The quantitative estimate of drug-likeness (QED) is 0.547. The monoisotopic (exact) mass is 169 g/mol. The summed E-state index contributed by atoms with van der Waals surface area (Å²) >= 11 is 0. The van der Waals surface area contributed by atoms with E-state index in [0.717, 1.165) is 16.7 Å². The van der Waals surface area contributed by atoms with Gasteiger partial charge in [0.15, 0.2) is 6.07 Å². The van der Waals surface area contributed by atoms with E-state index in [1.807, 2.05) is 19.9 Å². The lowest BCUT2D eigenvalue weighted by atomic mass is 10.0. The van der Waals surface area contributed by atoms with Gasteiger partial charge in [0, 0.05) is 11.5 Å². The van der Waals surface area contributed by atoms with Crippen molar-refractivity contribution in [3.05, 3.63) is 34.4 Å². The van der Waals surface area contributed by atoms with Gasteiger partial charge in [0.1, 0.15) is 0 Å². The topological polar surface area (TPSA) is 23.8 Å². The largest absolute Gasteiger partial charge is 0.183 e. The van der Waals surface area contributed by atoms with Crippen molar-refractivity contribution in [3.8, 4) is 17.9 Å². The van der Waals surface area contributed by atoms with Gasteiger partial charge in [0.2, 0.25) is 0 Å². The maximum absolute atomic E-state index is 8.34. The molecule has 0 aliphatic rings. The van der Waals surface area contributed by atoms with Crippen LogP contribution < -0.4 is 0 Å². The maximum Gasteiger partial charge on any atom is 0.152 e. The van der Waals surface area contributed by atoms with Gasteiger partial charge in [-0.15, -0.1) is 0 Å². The molecular weight excluding hydrogens is 158 g/mol. The van der Waals surface area contributed by atoms with Crippen LogP contribution in [0.25, 0.3) is 0 Å². The Hall–Kier alpha value is -1.73. The van der Waals surface area contributed by atoms with Crippen molar-refractivity contribution in [2.75, 3.05) is 0 Å². The average Bonchev–Trinajstić information content (AvgIpc) is 2.02. The molecule has 1 heteroatoms. The van der Waals surface area contributed by atoms with Gasteiger partial charge in [-0.25, -0.2) is 0 Å². The van der Waals surface area contributed by atoms with Gasteiger partial charge in [-0.05, 0) is 31.9 Å². The Kier molecular flexibility index (Phi) is 2.72. The number of nitriles is 1. The Bertz CT molecular complexity index is 402. The van der Waals surface area contributed by atoms with Crippen molar-refractivity contribution in [1.29, 1.82) is 5.26 Å². The molecule has 0 N–H and O–H groups in total. The number of hydrogen-bond donors (Lipinski definition) is 0. The maximum atomic E-state index is 8.34. The van der Waals surface area contributed by atoms with Crippen molar-refractivity contribution in [2.24, 2.45) is 0 Å². The molecule has 0 fully saturated rings. The van der Waals surface area contributed by atoms with E-state index >= 15 is 0 Å². The Morgan fingerprint density at radius 1 is 1.08 bits per heavy atom.